The van der Waals surface area contributed by atoms with Crippen molar-refractivity contribution < 1.29 is 9.53 Å². The van der Waals surface area contributed by atoms with Crippen LogP contribution in [0.15, 0.2) is 0 Å². The van der Waals surface area contributed by atoms with E-state index in [0.29, 0.717) is 19.2 Å². The molecule has 2 N–H and O–H groups in total. The van der Waals surface area contributed by atoms with Crippen LogP contribution in [0, 0.1) is 5.92 Å². The number of carbonyl (C=O) groups is 1. The molecule has 0 saturated heterocycles. The van der Waals surface area contributed by atoms with Crippen molar-refractivity contribution in [1.29, 1.82) is 0 Å². The lowest BCUT2D eigenvalue weighted by atomic mass is 9.93. The molecular formula is C15H31N3O2. The lowest BCUT2D eigenvalue weighted by Gasteiger charge is -2.37. The highest BCUT2D eigenvalue weighted by Crippen LogP contribution is 2.39. The van der Waals surface area contributed by atoms with Gasteiger partial charge < -0.3 is 15.4 Å². The first-order valence-electron chi connectivity index (χ1n) is 7.70. The summed E-state index contributed by atoms with van der Waals surface area (Å²) in [4.78, 5) is 16.7. The zero-order valence-corrected chi connectivity index (χ0v) is 13.7. The summed E-state index contributed by atoms with van der Waals surface area (Å²) in [7, 11) is 4.12. The van der Waals surface area contributed by atoms with Gasteiger partial charge in [0.2, 0.25) is 0 Å². The molecule has 0 radical (unpaired) electrons. The van der Waals surface area contributed by atoms with Crippen LogP contribution in [0.1, 0.15) is 33.6 Å². The fraction of sp³-hybridized carbons (Fsp3) is 0.933. The normalized spacial score (nSPS) is 20.0. The summed E-state index contributed by atoms with van der Waals surface area (Å²) in [6.07, 6.45) is 2.07. The highest BCUT2D eigenvalue weighted by molar-refractivity contribution is 5.82. The molecule has 0 aromatic carbocycles. The molecule has 1 aliphatic rings. The van der Waals surface area contributed by atoms with Crippen LogP contribution in [0.2, 0.25) is 0 Å². The van der Waals surface area contributed by atoms with Crippen molar-refractivity contribution in [3.63, 3.8) is 0 Å². The first-order chi connectivity index (χ1) is 9.35. The Morgan fingerprint density at radius 1 is 1.40 bits per heavy atom. The van der Waals surface area contributed by atoms with E-state index in [9.17, 15) is 4.79 Å². The van der Waals surface area contributed by atoms with Crippen LogP contribution in [0.25, 0.3) is 0 Å². The first-order valence-corrected chi connectivity index (χ1v) is 7.70. The molecular weight excluding hydrogens is 254 g/mol. The molecule has 1 saturated carbocycles. The molecule has 2 atom stereocenters. The van der Waals surface area contributed by atoms with Gasteiger partial charge in [0.25, 0.3) is 0 Å². The maximum atomic E-state index is 12.3. The van der Waals surface area contributed by atoms with Crippen LogP contribution >= 0.6 is 0 Å². The van der Waals surface area contributed by atoms with Crippen LogP contribution in [-0.4, -0.2) is 67.7 Å². The number of ether oxygens (including phenoxy) is 1. The number of carbonyl (C=O) groups excluding carboxylic acids is 1. The zero-order valence-electron chi connectivity index (χ0n) is 13.7. The zero-order chi connectivity index (χ0) is 15.3. The molecule has 0 bridgehead atoms. The minimum absolute atomic E-state index is 0.238. The quantitative estimate of drug-likeness (QED) is 0.639. The lowest BCUT2D eigenvalue weighted by Crippen LogP contribution is -2.60. The van der Waals surface area contributed by atoms with Crippen LogP contribution in [0.3, 0.4) is 0 Å². The van der Waals surface area contributed by atoms with E-state index in [2.05, 4.69) is 37.7 Å². The average molecular weight is 285 g/mol. The maximum Gasteiger partial charge on any atom is 0.327 e. The number of likely N-dealkylation sites (N-methyl/N-ethyl adjacent to an activating group) is 2. The van der Waals surface area contributed by atoms with Crippen molar-refractivity contribution in [1.82, 2.24) is 9.80 Å². The number of nitrogens with two attached hydrogens (primary N) is 1. The van der Waals surface area contributed by atoms with Crippen molar-refractivity contribution >= 4 is 5.97 Å². The predicted molar refractivity (Wildman–Crippen MR) is 81.5 cm³/mol. The summed E-state index contributed by atoms with van der Waals surface area (Å²) in [5, 5.41) is 0. The lowest BCUT2D eigenvalue weighted by molar-refractivity contribution is -0.151. The molecule has 20 heavy (non-hydrogen) atoms. The second-order valence-electron chi connectivity index (χ2n) is 6.21. The Morgan fingerprint density at radius 2 is 2.00 bits per heavy atom. The van der Waals surface area contributed by atoms with Crippen molar-refractivity contribution in [2.75, 3.05) is 40.3 Å². The minimum atomic E-state index is -0.841. The second-order valence-corrected chi connectivity index (χ2v) is 6.21. The van der Waals surface area contributed by atoms with Crippen molar-refractivity contribution in [3.8, 4) is 0 Å². The molecule has 0 aromatic rings. The third-order valence-electron chi connectivity index (χ3n) is 4.08. The summed E-state index contributed by atoms with van der Waals surface area (Å²) in [5.41, 5.74) is 5.61. The van der Waals surface area contributed by atoms with E-state index >= 15 is 0 Å². The van der Waals surface area contributed by atoms with Crippen molar-refractivity contribution in [3.05, 3.63) is 0 Å². The van der Waals surface area contributed by atoms with Crippen LogP contribution in [-0.2, 0) is 9.53 Å². The van der Waals surface area contributed by atoms with Gasteiger partial charge in [-0.25, -0.2) is 4.79 Å². The third kappa shape index (κ3) is 4.43. The summed E-state index contributed by atoms with van der Waals surface area (Å²) < 4.78 is 5.21. The molecule has 0 spiro atoms. The monoisotopic (exact) mass is 285 g/mol. The maximum absolute atomic E-state index is 12.3. The van der Waals surface area contributed by atoms with Crippen LogP contribution in [0.4, 0.5) is 0 Å². The fourth-order valence-electron chi connectivity index (χ4n) is 2.78. The Hall–Kier alpha value is -0.650. The van der Waals surface area contributed by atoms with Gasteiger partial charge in [-0.3, -0.25) is 4.90 Å². The Morgan fingerprint density at radius 3 is 2.40 bits per heavy atom. The largest absolute Gasteiger partial charge is 0.465 e. The highest BCUT2D eigenvalue weighted by atomic mass is 16.5. The second kappa shape index (κ2) is 7.38. The average Bonchev–Trinajstić information content (AvgIpc) is 3.19. The van der Waals surface area contributed by atoms with Crippen molar-refractivity contribution in [2.24, 2.45) is 11.7 Å². The molecule has 1 rings (SSSR count). The van der Waals surface area contributed by atoms with Gasteiger partial charge >= 0.3 is 5.97 Å². The minimum Gasteiger partial charge on any atom is -0.465 e. The third-order valence-corrected chi connectivity index (χ3v) is 4.08. The van der Waals surface area contributed by atoms with Gasteiger partial charge in [0.05, 0.1) is 6.61 Å². The van der Waals surface area contributed by atoms with Gasteiger partial charge in [-0.15, -0.1) is 0 Å². The van der Waals surface area contributed by atoms with E-state index in [4.69, 9.17) is 10.5 Å². The molecule has 5 heteroatoms. The van der Waals surface area contributed by atoms with E-state index in [0.717, 1.165) is 25.9 Å². The van der Waals surface area contributed by atoms with Gasteiger partial charge in [-0.2, -0.15) is 0 Å². The predicted octanol–water partition coefficient (Wildman–Crippen LogP) is 0.929. The summed E-state index contributed by atoms with van der Waals surface area (Å²) in [6, 6.07) is 0.367. The highest BCUT2D eigenvalue weighted by Gasteiger charge is 2.50. The number of rotatable bonds is 9. The molecule has 2 unspecified atom stereocenters. The number of hydrogen-bond donors (Lipinski definition) is 1. The molecule has 0 heterocycles. The van der Waals surface area contributed by atoms with Gasteiger partial charge in [-0.05, 0) is 53.2 Å². The summed E-state index contributed by atoms with van der Waals surface area (Å²) in [6.45, 7) is 8.95. The Labute approximate surface area is 123 Å². The topological polar surface area (TPSA) is 58.8 Å². The number of hydrogen-bond acceptors (Lipinski definition) is 5. The Balaban J connectivity index is 2.74. The summed E-state index contributed by atoms with van der Waals surface area (Å²) in [5.74, 6) is 0.0418. The smallest absolute Gasteiger partial charge is 0.327 e. The van der Waals surface area contributed by atoms with E-state index in [1.807, 2.05) is 6.92 Å². The fourth-order valence-corrected chi connectivity index (χ4v) is 2.78. The standard InChI is InChI=1S/C15H31N3O2/c1-6-18(12(3)10-17(4)5)11-15(16,13-8-9-13)14(19)20-7-2/h12-13H,6-11,16H2,1-5H3. The van der Waals surface area contributed by atoms with Crippen molar-refractivity contribution in [2.45, 2.75) is 45.2 Å². The van der Waals surface area contributed by atoms with E-state index in [1.54, 1.807) is 0 Å². The van der Waals surface area contributed by atoms with Gasteiger partial charge in [0, 0.05) is 19.1 Å². The van der Waals surface area contributed by atoms with Crippen LogP contribution < -0.4 is 5.73 Å². The molecule has 0 aromatic heterocycles. The number of nitrogens with zero attached hydrogens (tertiary/aromatic N) is 2. The van der Waals surface area contributed by atoms with Crippen LogP contribution in [0.5, 0.6) is 0 Å². The molecule has 0 amide bonds. The molecule has 1 fully saturated rings. The van der Waals surface area contributed by atoms with E-state index < -0.39 is 5.54 Å². The number of esters is 1. The molecule has 118 valence electrons. The Bertz CT molecular complexity index is 318. The van der Waals surface area contributed by atoms with Gasteiger partial charge in [-0.1, -0.05) is 6.92 Å². The molecule has 5 nitrogen and oxygen atoms in total. The Kier molecular flexibility index (Phi) is 6.43. The molecule has 1 aliphatic carbocycles. The van der Waals surface area contributed by atoms with Gasteiger partial charge in [0.15, 0.2) is 0 Å². The van der Waals surface area contributed by atoms with Gasteiger partial charge in [0.1, 0.15) is 5.54 Å². The SMILES string of the molecule is CCOC(=O)C(N)(CN(CC)C(C)CN(C)C)C1CC1. The van der Waals surface area contributed by atoms with E-state index in [-0.39, 0.29) is 11.9 Å². The first kappa shape index (κ1) is 17.4. The van der Waals surface area contributed by atoms with E-state index in [1.165, 1.54) is 0 Å². The molecule has 0 aliphatic heterocycles. The summed E-state index contributed by atoms with van der Waals surface area (Å²) >= 11 is 0.